The molecule has 1 aromatic heterocycles. The number of amides is 1. The Hall–Kier alpha value is -1.92. The average Bonchev–Trinajstić information content (AvgIpc) is 3.14. The van der Waals surface area contributed by atoms with Crippen molar-refractivity contribution in [3.63, 3.8) is 0 Å². The van der Waals surface area contributed by atoms with Gasteiger partial charge in [0.15, 0.2) is 0 Å². The van der Waals surface area contributed by atoms with E-state index in [2.05, 4.69) is 5.32 Å². The number of hydrogen-bond acceptors (Lipinski definition) is 4. The van der Waals surface area contributed by atoms with Crippen LogP contribution in [-0.2, 0) is 9.53 Å². The summed E-state index contributed by atoms with van der Waals surface area (Å²) >= 11 is 1.23. The molecule has 0 aliphatic heterocycles. The van der Waals surface area contributed by atoms with Gasteiger partial charge in [0, 0.05) is 17.0 Å². The lowest BCUT2D eigenvalue weighted by molar-refractivity contribution is -0.140. The third kappa shape index (κ3) is 3.09. The highest BCUT2D eigenvalue weighted by molar-refractivity contribution is 7.20. The summed E-state index contributed by atoms with van der Waals surface area (Å²) in [4.78, 5) is 24.0. The standard InChI is InChI=1S/C17H19NO4S/c1-2-22-17(7-3-4-8-17)16(21)18-12-5-6-13-11(9-12)10-14(23-13)15(19)20/h5-6,9-10H,2-4,7-8H2,1H3,(H,18,21)(H,19,20). The van der Waals surface area contributed by atoms with Crippen LogP contribution in [0.4, 0.5) is 5.69 Å². The van der Waals surface area contributed by atoms with E-state index in [4.69, 9.17) is 9.84 Å². The first-order valence-electron chi connectivity index (χ1n) is 7.76. The van der Waals surface area contributed by atoms with Gasteiger partial charge >= 0.3 is 5.97 Å². The molecule has 1 saturated carbocycles. The maximum atomic E-state index is 12.6. The van der Waals surface area contributed by atoms with Crippen LogP contribution in [0.15, 0.2) is 24.3 Å². The fourth-order valence-corrected chi connectivity index (χ4v) is 4.01. The van der Waals surface area contributed by atoms with E-state index in [-0.39, 0.29) is 5.91 Å². The number of carbonyl (C=O) groups is 2. The molecule has 1 aliphatic rings. The number of nitrogens with one attached hydrogen (secondary N) is 1. The number of benzene rings is 1. The van der Waals surface area contributed by atoms with Gasteiger partial charge in [-0.2, -0.15) is 0 Å². The molecule has 0 radical (unpaired) electrons. The monoisotopic (exact) mass is 333 g/mol. The number of carboxylic acids is 1. The first-order chi connectivity index (χ1) is 11.0. The van der Waals surface area contributed by atoms with E-state index in [1.807, 2.05) is 19.1 Å². The molecule has 0 saturated heterocycles. The van der Waals surface area contributed by atoms with E-state index in [0.717, 1.165) is 35.8 Å². The molecule has 122 valence electrons. The van der Waals surface area contributed by atoms with E-state index >= 15 is 0 Å². The van der Waals surface area contributed by atoms with Crippen LogP contribution in [0.1, 0.15) is 42.3 Å². The largest absolute Gasteiger partial charge is 0.477 e. The number of rotatable bonds is 5. The lowest BCUT2D eigenvalue weighted by Crippen LogP contribution is -2.43. The molecule has 2 N–H and O–H groups in total. The van der Waals surface area contributed by atoms with E-state index in [1.165, 1.54) is 11.3 Å². The zero-order valence-corrected chi connectivity index (χ0v) is 13.7. The molecule has 5 nitrogen and oxygen atoms in total. The van der Waals surface area contributed by atoms with Crippen LogP contribution in [0.5, 0.6) is 0 Å². The van der Waals surface area contributed by atoms with E-state index in [9.17, 15) is 9.59 Å². The Morgan fingerprint density at radius 2 is 2.04 bits per heavy atom. The number of carbonyl (C=O) groups excluding carboxylic acids is 1. The number of fused-ring (bicyclic) bond motifs is 1. The Kier molecular flexibility index (Phi) is 4.37. The molecule has 2 aromatic rings. The highest BCUT2D eigenvalue weighted by Gasteiger charge is 2.41. The number of anilines is 1. The normalized spacial score (nSPS) is 16.6. The molecule has 0 spiro atoms. The topological polar surface area (TPSA) is 75.6 Å². The van der Waals surface area contributed by atoms with Crippen LogP contribution in [0, 0.1) is 0 Å². The highest BCUT2D eigenvalue weighted by atomic mass is 32.1. The molecule has 1 amide bonds. The third-order valence-corrected chi connectivity index (χ3v) is 5.33. The van der Waals surface area contributed by atoms with Gasteiger partial charge in [0.05, 0.1) is 0 Å². The Balaban J connectivity index is 1.83. The molecule has 6 heteroatoms. The lowest BCUT2D eigenvalue weighted by atomic mass is 10.0. The Morgan fingerprint density at radius 3 is 2.70 bits per heavy atom. The van der Waals surface area contributed by atoms with Gasteiger partial charge in [-0.3, -0.25) is 4.79 Å². The zero-order chi connectivity index (χ0) is 16.4. The van der Waals surface area contributed by atoms with Crippen LogP contribution in [0.25, 0.3) is 10.1 Å². The first kappa shape index (κ1) is 16.0. The maximum Gasteiger partial charge on any atom is 0.345 e. The highest BCUT2D eigenvalue weighted by Crippen LogP contribution is 2.35. The van der Waals surface area contributed by atoms with E-state index < -0.39 is 11.6 Å². The van der Waals surface area contributed by atoms with Crippen molar-refractivity contribution in [3.05, 3.63) is 29.1 Å². The molecule has 1 heterocycles. The molecular weight excluding hydrogens is 314 g/mol. The van der Waals surface area contributed by atoms with E-state index in [0.29, 0.717) is 17.2 Å². The second-order valence-corrected chi connectivity index (χ2v) is 6.84. The van der Waals surface area contributed by atoms with Crippen molar-refractivity contribution in [3.8, 4) is 0 Å². The minimum absolute atomic E-state index is 0.107. The fraction of sp³-hybridized carbons (Fsp3) is 0.412. The summed E-state index contributed by atoms with van der Waals surface area (Å²) in [5.74, 6) is -1.04. The summed E-state index contributed by atoms with van der Waals surface area (Å²) in [6.45, 7) is 2.41. The van der Waals surface area contributed by atoms with Crippen LogP contribution in [0.3, 0.4) is 0 Å². The molecular formula is C17H19NO4S. The van der Waals surface area contributed by atoms with Crippen molar-refractivity contribution in [1.82, 2.24) is 0 Å². The van der Waals surface area contributed by atoms with Gasteiger partial charge in [0.1, 0.15) is 10.5 Å². The van der Waals surface area contributed by atoms with Gasteiger partial charge < -0.3 is 15.2 Å². The van der Waals surface area contributed by atoms with Crippen LogP contribution >= 0.6 is 11.3 Å². The van der Waals surface area contributed by atoms with Gasteiger partial charge in [0.2, 0.25) is 0 Å². The summed E-state index contributed by atoms with van der Waals surface area (Å²) in [7, 11) is 0. The second-order valence-electron chi connectivity index (χ2n) is 5.76. The van der Waals surface area contributed by atoms with Gasteiger partial charge in [-0.15, -0.1) is 11.3 Å². The van der Waals surface area contributed by atoms with Gasteiger partial charge in [-0.1, -0.05) is 0 Å². The lowest BCUT2D eigenvalue weighted by Gasteiger charge is -2.27. The number of thiophene rings is 1. The second kappa shape index (κ2) is 6.29. The summed E-state index contributed by atoms with van der Waals surface area (Å²) in [5, 5.41) is 12.8. The number of carboxylic acid groups (broad SMARTS) is 1. The predicted molar refractivity (Wildman–Crippen MR) is 90.2 cm³/mol. The summed E-state index contributed by atoms with van der Waals surface area (Å²) < 4.78 is 6.65. The molecule has 0 unspecified atom stereocenters. The smallest absolute Gasteiger partial charge is 0.345 e. The SMILES string of the molecule is CCOC1(C(=O)Nc2ccc3sc(C(=O)O)cc3c2)CCCC1. The van der Waals surface area contributed by atoms with Gasteiger partial charge in [-0.05, 0) is 62.3 Å². The van der Waals surface area contributed by atoms with Crippen LogP contribution in [-0.4, -0.2) is 29.2 Å². The fourth-order valence-electron chi connectivity index (χ4n) is 3.13. The van der Waals surface area contributed by atoms with Crippen molar-refractivity contribution in [2.75, 3.05) is 11.9 Å². The Morgan fingerprint density at radius 1 is 1.30 bits per heavy atom. The van der Waals surface area contributed by atoms with Crippen molar-refractivity contribution in [2.24, 2.45) is 0 Å². The minimum atomic E-state index is -0.932. The molecule has 0 atom stereocenters. The number of aromatic carboxylic acids is 1. The molecule has 1 aromatic carbocycles. The molecule has 3 rings (SSSR count). The minimum Gasteiger partial charge on any atom is -0.477 e. The average molecular weight is 333 g/mol. The van der Waals surface area contributed by atoms with Crippen LogP contribution in [0.2, 0.25) is 0 Å². The first-order valence-corrected chi connectivity index (χ1v) is 8.58. The summed E-state index contributed by atoms with van der Waals surface area (Å²) in [5.41, 5.74) is -0.0480. The molecule has 0 bridgehead atoms. The number of hydrogen-bond donors (Lipinski definition) is 2. The predicted octanol–water partition coefficient (Wildman–Crippen LogP) is 3.89. The van der Waals surface area contributed by atoms with Gasteiger partial charge in [0.25, 0.3) is 5.91 Å². The Bertz CT molecular complexity index is 746. The molecule has 23 heavy (non-hydrogen) atoms. The van der Waals surface area contributed by atoms with Crippen molar-refractivity contribution in [2.45, 2.75) is 38.2 Å². The van der Waals surface area contributed by atoms with Crippen LogP contribution < -0.4 is 5.32 Å². The number of ether oxygens (including phenoxy) is 1. The van der Waals surface area contributed by atoms with Crippen molar-refractivity contribution >= 4 is 39.0 Å². The van der Waals surface area contributed by atoms with Crippen molar-refractivity contribution in [1.29, 1.82) is 0 Å². The van der Waals surface area contributed by atoms with E-state index in [1.54, 1.807) is 12.1 Å². The third-order valence-electron chi connectivity index (χ3n) is 4.23. The molecule has 1 fully saturated rings. The Labute approximate surface area is 138 Å². The summed E-state index contributed by atoms with van der Waals surface area (Å²) in [6.07, 6.45) is 3.49. The van der Waals surface area contributed by atoms with Gasteiger partial charge in [-0.25, -0.2) is 4.79 Å². The summed E-state index contributed by atoms with van der Waals surface area (Å²) in [6, 6.07) is 7.08. The van der Waals surface area contributed by atoms with Crippen molar-refractivity contribution < 1.29 is 19.4 Å². The maximum absolute atomic E-state index is 12.6. The molecule has 1 aliphatic carbocycles. The quantitative estimate of drug-likeness (QED) is 0.870. The zero-order valence-electron chi connectivity index (χ0n) is 12.9.